The predicted molar refractivity (Wildman–Crippen MR) is 76.5 cm³/mol. The number of aromatic nitrogens is 2. The smallest absolute Gasteiger partial charge is 0.322 e. The molecule has 0 aliphatic rings. The molecule has 106 valence electrons. The molecule has 1 heterocycles. The molecule has 0 atom stereocenters. The number of nitrogens with zero attached hydrogens (tertiary/aromatic N) is 2. The van der Waals surface area contributed by atoms with Crippen LogP contribution in [-0.4, -0.2) is 24.6 Å². The summed E-state index contributed by atoms with van der Waals surface area (Å²) in [6.45, 7) is 3.70. The van der Waals surface area contributed by atoms with Crippen LogP contribution in [0, 0.1) is 13.8 Å². The molecule has 1 aromatic heterocycles. The summed E-state index contributed by atoms with van der Waals surface area (Å²) in [6, 6.07) is 8.67. The van der Waals surface area contributed by atoms with Gasteiger partial charge in [-0.3, -0.25) is 4.72 Å². The summed E-state index contributed by atoms with van der Waals surface area (Å²) in [4.78, 5) is 8.32. The van der Waals surface area contributed by atoms with Crippen molar-refractivity contribution < 1.29 is 13.2 Å². The molecule has 0 unspecified atom stereocenters. The lowest BCUT2D eigenvalue weighted by atomic mass is 10.3. The third-order valence-corrected chi connectivity index (χ3v) is 2.91. The summed E-state index contributed by atoms with van der Waals surface area (Å²) in [7, 11) is -3.32. The second-order valence-electron chi connectivity index (χ2n) is 4.44. The van der Waals surface area contributed by atoms with Crippen molar-refractivity contribution in [2.24, 2.45) is 0 Å². The van der Waals surface area contributed by atoms with Crippen LogP contribution in [0.2, 0.25) is 0 Å². The molecule has 6 nitrogen and oxygen atoms in total. The first-order valence-electron chi connectivity index (χ1n) is 5.90. The maximum absolute atomic E-state index is 11.2. The lowest BCUT2D eigenvalue weighted by molar-refractivity contribution is 0.439. The maximum Gasteiger partial charge on any atom is 0.322 e. The van der Waals surface area contributed by atoms with Crippen LogP contribution >= 0.6 is 0 Å². The molecule has 0 fully saturated rings. The molecule has 0 saturated heterocycles. The van der Waals surface area contributed by atoms with E-state index in [0.717, 1.165) is 17.6 Å². The van der Waals surface area contributed by atoms with Crippen LogP contribution < -0.4 is 9.46 Å². The molecule has 0 aliphatic carbocycles. The van der Waals surface area contributed by atoms with Crippen molar-refractivity contribution in [1.82, 2.24) is 9.97 Å². The summed E-state index contributed by atoms with van der Waals surface area (Å²) in [5.74, 6) is 0.462. The number of aryl methyl sites for hydroxylation is 2. The van der Waals surface area contributed by atoms with E-state index in [1.54, 1.807) is 24.3 Å². The van der Waals surface area contributed by atoms with E-state index in [0.29, 0.717) is 11.4 Å². The van der Waals surface area contributed by atoms with Gasteiger partial charge in [-0.25, -0.2) is 18.4 Å². The third-order valence-electron chi connectivity index (χ3n) is 2.31. The highest BCUT2D eigenvalue weighted by atomic mass is 32.2. The molecular formula is C13H15N3O3S. The zero-order valence-electron chi connectivity index (χ0n) is 11.4. The molecule has 1 aromatic carbocycles. The van der Waals surface area contributed by atoms with Crippen molar-refractivity contribution >= 4 is 15.7 Å². The van der Waals surface area contributed by atoms with E-state index >= 15 is 0 Å². The molecule has 0 amide bonds. The van der Waals surface area contributed by atoms with Gasteiger partial charge in [0.25, 0.3) is 0 Å². The van der Waals surface area contributed by atoms with Gasteiger partial charge in [0, 0.05) is 17.5 Å². The van der Waals surface area contributed by atoms with Crippen LogP contribution in [0.25, 0.3) is 0 Å². The molecular weight excluding hydrogens is 278 g/mol. The Labute approximate surface area is 117 Å². The highest BCUT2D eigenvalue weighted by molar-refractivity contribution is 7.92. The fraction of sp³-hybridized carbons (Fsp3) is 0.231. The van der Waals surface area contributed by atoms with Crippen molar-refractivity contribution in [2.75, 3.05) is 11.0 Å². The summed E-state index contributed by atoms with van der Waals surface area (Å²) in [6.07, 6.45) is 1.09. The lowest BCUT2D eigenvalue weighted by Crippen LogP contribution is -2.09. The van der Waals surface area contributed by atoms with Crippen molar-refractivity contribution in [3.05, 3.63) is 41.7 Å². The molecule has 7 heteroatoms. The molecule has 2 aromatic rings. The fourth-order valence-electron chi connectivity index (χ4n) is 1.68. The van der Waals surface area contributed by atoms with Crippen molar-refractivity contribution in [2.45, 2.75) is 13.8 Å². The van der Waals surface area contributed by atoms with E-state index in [4.69, 9.17) is 4.74 Å². The number of anilines is 1. The Kier molecular flexibility index (Phi) is 3.89. The Hall–Kier alpha value is -2.15. The summed E-state index contributed by atoms with van der Waals surface area (Å²) in [5.41, 5.74) is 2.03. The average molecular weight is 293 g/mol. The van der Waals surface area contributed by atoms with Gasteiger partial charge in [-0.1, -0.05) is 6.07 Å². The minimum Gasteiger partial charge on any atom is -0.424 e. The Morgan fingerprint density at radius 1 is 1.10 bits per heavy atom. The Balaban J connectivity index is 2.23. The maximum atomic E-state index is 11.2. The molecule has 0 saturated carbocycles. The van der Waals surface area contributed by atoms with Gasteiger partial charge < -0.3 is 4.74 Å². The Morgan fingerprint density at radius 2 is 1.75 bits per heavy atom. The van der Waals surface area contributed by atoms with E-state index in [2.05, 4.69) is 14.7 Å². The second kappa shape index (κ2) is 5.46. The SMILES string of the molecule is Cc1cc(C)nc(Oc2cccc(NS(C)(=O)=O)c2)n1. The van der Waals surface area contributed by atoms with Crippen LogP contribution in [0.15, 0.2) is 30.3 Å². The predicted octanol–water partition coefficient (Wildman–Crippen LogP) is 2.26. The third kappa shape index (κ3) is 4.20. The highest BCUT2D eigenvalue weighted by Gasteiger charge is 2.06. The number of nitrogens with one attached hydrogen (secondary N) is 1. The largest absolute Gasteiger partial charge is 0.424 e. The van der Waals surface area contributed by atoms with E-state index in [1.165, 1.54) is 0 Å². The molecule has 0 radical (unpaired) electrons. The van der Waals surface area contributed by atoms with E-state index in [1.807, 2.05) is 19.9 Å². The first kappa shape index (κ1) is 14.3. The van der Waals surface area contributed by atoms with Crippen LogP contribution in [0.1, 0.15) is 11.4 Å². The number of sulfonamides is 1. The lowest BCUT2D eigenvalue weighted by Gasteiger charge is -2.08. The van der Waals surface area contributed by atoms with Gasteiger partial charge in [0.05, 0.1) is 11.9 Å². The molecule has 0 bridgehead atoms. The molecule has 1 N–H and O–H groups in total. The minimum atomic E-state index is -3.32. The van der Waals surface area contributed by atoms with Gasteiger partial charge in [0.1, 0.15) is 5.75 Å². The van der Waals surface area contributed by atoms with Crippen LogP contribution in [0.5, 0.6) is 11.8 Å². The van der Waals surface area contributed by atoms with Crippen molar-refractivity contribution in [3.8, 4) is 11.8 Å². The zero-order chi connectivity index (χ0) is 14.8. The van der Waals surface area contributed by atoms with Gasteiger partial charge in [-0.15, -0.1) is 0 Å². The second-order valence-corrected chi connectivity index (χ2v) is 6.19. The molecule has 20 heavy (non-hydrogen) atoms. The van der Waals surface area contributed by atoms with Crippen LogP contribution in [0.4, 0.5) is 5.69 Å². The van der Waals surface area contributed by atoms with Crippen LogP contribution in [-0.2, 0) is 10.0 Å². The monoisotopic (exact) mass is 293 g/mol. The summed E-state index contributed by atoms with van der Waals surface area (Å²) in [5, 5.41) is 0. The van der Waals surface area contributed by atoms with Gasteiger partial charge in [0.15, 0.2) is 0 Å². The number of ether oxygens (including phenoxy) is 1. The van der Waals surface area contributed by atoms with E-state index < -0.39 is 10.0 Å². The standard InChI is InChI=1S/C13H15N3O3S/c1-9-7-10(2)15-13(14-9)19-12-6-4-5-11(8-12)16-20(3,17)18/h4-8,16H,1-3H3. The minimum absolute atomic E-state index is 0.235. The van der Waals surface area contributed by atoms with Gasteiger partial charge in [-0.2, -0.15) is 0 Å². The first-order chi connectivity index (χ1) is 9.32. The quantitative estimate of drug-likeness (QED) is 0.935. The first-order valence-corrected chi connectivity index (χ1v) is 7.79. The van der Waals surface area contributed by atoms with E-state index in [-0.39, 0.29) is 6.01 Å². The van der Waals surface area contributed by atoms with Gasteiger partial charge in [-0.05, 0) is 32.0 Å². The Morgan fingerprint density at radius 3 is 2.35 bits per heavy atom. The van der Waals surface area contributed by atoms with E-state index in [9.17, 15) is 8.42 Å². The number of rotatable bonds is 4. The average Bonchev–Trinajstić information content (AvgIpc) is 2.25. The number of benzene rings is 1. The highest BCUT2D eigenvalue weighted by Crippen LogP contribution is 2.22. The normalized spacial score (nSPS) is 11.2. The summed E-state index contributed by atoms with van der Waals surface area (Å²) < 4.78 is 30.3. The molecule has 0 spiro atoms. The number of hydrogen-bond donors (Lipinski definition) is 1. The van der Waals surface area contributed by atoms with Gasteiger partial charge in [0.2, 0.25) is 10.0 Å². The molecule has 2 rings (SSSR count). The fourth-order valence-corrected chi connectivity index (χ4v) is 2.24. The molecule has 0 aliphatic heterocycles. The van der Waals surface area contributed by atoms with Gasteiger partial charge >= 0.3 is 6.01 Å². The Bertz CT molecular complexity index is 709. The summed E-state index contributed by atoms with van der Waals surface area (Å²) >= 11 is 0. The van der Waals surface area contributed by atoms with Crippen molar-refractivity contribution in [3.63, 3.8) is 0 Å². The topological polar surface area (TPSA) is 81.2 Å². The number of hydrogen-bond acceptors (Lipinski definition) is 5. The zero-order valence-corrected chi connectivity index (χ0v) is 12.2. The van der Waals surface area contributed by atoms with Crippen molar-refractivity contribution in [1.29, 1.82) is 0 Å². The van der Waals surface area contributed by atoms with Crippen LogP contribution in [0.3, 0.4) is 0 Å².